The summed E-state index contributed by atoms with van der Waals surface area (Å²) in [5, 5.41) is 8.77. The van der Waals surface area contributed by atoms with Gasteiger partial charge in [-0.25, -0.2) is 0 Å². The van der Waals surface area contributed by atoms with E-state index in [0.29, 0.717) is 0 Å². The van der Waals surface area contributed by atoms with Gasteiger partial charge in [0.25, 0.3) is 0 Å². The van der Waals surface area contributed by atoms with Crippen LogP contribution in [0.15, 0.2) is 35.2 Å². The maximum atomic E-state index is 12.8. The molecule has 0 heterocycles. The van der Waals surface area contributed by atoms with Crippen LogP contribution in [0.4, 0.5) is 0 Å². The Balaban J connectivity index is 2.10. The van der Waals surface area contributed by atoms with Gasteiger partial charge in [0.05, 0.1) is 11.2 Å². The lowest BCUT2D eigenvalue weighted by Crippen LogP contribution is -2.44. The van der Waals surface area contributed by atoms with Crippen LogP contribution < -0.4 is 0 Å². The number of carbonyl (C=O) groups is 2. The van der Waals surface area contributed by atoms with E-state index in [1.807, 2.05) is 30.3 Å². The van der Waals surface area contributed by atoms with E-state index in [-0.39, 0.29) is 18.9 Å². The summed E-state index contributed by atoms with van der Waals surface area (Å²) in [6, 6.07) is 9.96. The molecule has 0 aliphatic heterocycles. The maximum Gasteiger partial charge on any atom is 0.305 e. The second kappa shape index (κ2) is 6.98. The predicted octanol–water partition coefficient (Wildman–Crippen LogP) is 3.02. The minimum absolute atomic E-state index is 0.00563. The lowest BCUT2D eigenvalue weighted by molar-refractivity contribution is -0.138. The first-order valence-electron chi connectivity index (χ1n) is 7.25. The zero-order valence-electron chi connectivity index (χ0n) is 12.2. The van der Waals surface area contributed by atoms with E-state index in [4.69, 9.17) is 5.11 Å². The lowest BCUT2D eigenvalue weighted by atomic mass is 10.1. The van der Waals surface area contributed by atoms with Crippen LogP contribution >= 0.6 is 11.8 Å². The highest BCUT2D eigenvalue weighted by Crippen LogP contribution is 2.46. The molecule has 1 aliphatic rings. The van der Waals surface area contributed by atoms with E-state index >= 15 is 0 Å². The van der Waals surface area contributed by atoms with Crippen LogP contribution in [0.1, 0.15) is 32.1 Å². The van der Waals surface area contributed by atoms with E-state index in [0.717, 1.165) is 30.6 Å². The molecule has 0 atom stereocenters. The van der Waals surface area contributed by atoms with Gasteiger partial charge in [-0.05, 0) is 25.0 Å². The van der Waals surface area contributed by atoms with Gasteiger partial charge in [-0.3, -0.25) is 9.59 Å². The number of nitrogens with zero attached hydrogens (tertiary/aromatic N) is 1. The van der Waals surface area contributed by atoms with Crippen LogP contribution in [0, 0.1) is 0 Å². The fourth-order valence-corrected chi connectivity index (χ4v) is 4.21. The fourth-order valence-electron chi connectivity index (χ4n) is 2.73. The average molecular weight is 307 g/mol. The molecule has 1 aromatic rings. The minimum Gasteiger partial charge on any atom is -0.481 e. The Kier molecular flexibility index (Phi) is 5.28. The smallest absolute Gasteiger partial charge is 0.305 e. The van der Waals surface area contributed by atoms with Gasteiger partial charge in [0.2, 0.25) is 5.91 Å². The molecule has 114 valence electrons. The molecule has 0 saturated heterocycles. The average Bonchev–Trinajstić information content (AvgIpc) is 2.94. The number of rotatable bonds is 6. The van der Waals surface area contributed by atoms with E-state index in [9.17, 15) is 9.59 Å². The molecule has 21 heavy (non-hydrogen) atoms. The highest BCUT2D eigenvalue weighted by molar-refractivity contribution is 8.01. The Labute approximate surface area is 129 Å². The summed E-state index contributed by atoms with van der Waals surface area (Å²) >= 11 is 1.63. The van der Waals surface area contributed by atoms with Gasteiger partial charge in [0, 0.05) is 18.5 Å². The van der Waals surface area contributed by atoms with E-state index < -0.39 is 10.7 Å². The van der Waals surface area contributed by atoms with Crippen LogP contribution in [-0.4, -0.2) is 40.2 Å². The maximum absolute atomic E-state index is 12.8. The number of carboxylic acid groups (broad SMARTS) is 1. The Bertz CT molecular complexity index is 498. The van der Waals surface area contributed by atoms with Crippen molar-refractivity contribution in [2.24, 2.45) is 0 Å². The highest BCUT2D eigenvalue weighted by atomic mass is 32.2. The topological polar surface area (TPSA) is 57.6 Å². The highest BCUT2D eigenvalue weighted by Gasteiger charge is 2.43. The molecule has 1 aliphatic carbocycles. The van der Waals surface area contributed by atoms with Gasteiger partial charge >= 0.3 is 5.97 Å². The summed E-state index contributed by atoms with van der Waals surface area (Å²) in [5.41, 5.74) is 0. The molecule has 1 N–H and O–H groups in total. The van der Waals surface area contributed by atoms with E-state index in [2.05, 4.69) is 0 Å². The van der Waals surface area contributed by atoms with Gasteiger partial charge < -0.3 is 10.0 Å². The van der Waals surface area contributed by atoms with Crippen LogP contribution in [0.3, 0.4) is 0 Å². The molecular formula is C16H21NO3S. The van der Waals surface area contributed by atoms with Crippen molar-refractivity contribution >= 4 is 23.6 Å². The number of carboxylic acids is 1. The number of benzene rings is 1. The molecule has 5 heteroatoms. The van der Waals surface area contributed by atoms with E-state index in [1.54, 1.807) is 23.7 Å². The Hall–Kier alpha value is -1.49. The van der Waals surface area contributed by atoms with Crippen LogP contribution in [0.5, 0.6) is 0 Å². The van der Waals surface area contributed by atoms with Gasteiger partial charge in [-0.1, -0.05) is 31.0 Å². The van der Waals surface area contributed by atoms with Gasteiger partial charge in [-0.2, -0.15) is 0 Å². The van der Waals surface area contributed by atoms with Crippen LogP contribution in [-0.2, 0) is 9.59 Å². The summed E-state index contributed by atoms with van der Waals surface area (Å²) in [4.78, 5) is 26.1. The number of hydrogen-bond acceptors (Lipinski definition) is 3. The second-order valence-corrected chi connectivity index (χ2v) is 6.94. The summed E-state index contributed by atoms with van der Waals surface area (Å²) in [7, 11) is 1.71. The minimum atomic E-state index is -0.870. The van der Waals surface area contributed by atoms with Crippen molar-refractivity contribution in [1.82, 2.24) is 4.90 Å². The van der Waals surface area contributed by atoms with Crippen LogP contribution in [0.2, 0.25) is 0 Å². The molecule has 0 aromatic heterocycles. The van der Waals surface area contributed by atoms with Crippen molar-refractivity contribution in [3.63, 3.8) is 0 Å². The largest absolute Gasteiger partial charge is 0.481 e. The monoisotopic (exact) mass is 307 g/mol. The van der Waals surface area contributed by atoms with Gasteiger partial charge in [0.1, 0.15) is 0 Å². The lowest BCUT2D eigenvalue weighted by Gasteiger charge is -2.31. The Morgan fingerprint density at radius 3 is 2.43 bits per heavy atom. The third-order valence-electron chi connectivity index (χ3n) is 3.87. The third-order valence-corrected chi connectivity index (χ3v) is 5.35. The molecule has 4 nitrogen and oxygen atoms in total. The summed E-state index contributed by atoms with van der Waals surface area (Å²) < 4.78 is -0.422. The number of thioether (sulfide) groups is 1. The molecule has 2 rings (SSSR count). The quantitative estimate of drug-likeness (QED) is 0.877. The first kappa shape index (κ1) is 15.9. The fraction of sp³-hybridized carbons (Fsp3) is 0.500. The summed E-state index contributed by atoms with van der Waals surface area (Å²) in [6.45, 7) is 0.269. The predicted molar refractivity (Wildman–Crippen MR) is 83.4 cm³/mol. The molecule has 1 saturated carbocycles. The zero-order valence-corrected chi connectivity index (χ0v) is 13.1. The molecule has 0 spiro atoms. The Morgan fingerprint density at radius 2 is 1.86 bits per heavy atom. The van der Waals surface area contributed by atoms with E-state index in [1.165, 1.54) is 0 Å². The molecule has 1 aromatic carbocycles. The zero-order chi connectivity index (χ0) is 15.3. The number of carbonyl (C=O) groups excluding carboxylic acids is 1. The molecule has 0 radical (unpaired) electrons. The SMILES string of the molecule is CN(CCC(=O)O)C(=O)C1(Sc2ccccc2)CCCC1. The van der Waals surface area contributed by atoms with Crippen molar-refractivity contribution in [3.8, 4) is 0 Å². The number of hydrogen-bond donors (Lipinski definition) is 1. The summed E-state index contributed by atoms with van der Waals surface area (Å²) in [5.74, 6) is -0.805. The first-order valence-corrected chi connectivity index (χ1v) is 8.06. The summed E-state index contributed by atoms with van der Waals surface area (Å²) in [6.07, 6.45) is 3.83. The van der Waals surface area contributed by atoms with Crippen LogP contribution in [0.25, 0.3) is 0 Å². The number of aliphatic carboxylic acids is 1. The van der Waals surface area contributed by atoms with Crippen molar-refractivity contribution in [2.75, 3.05) is 13.6 Å². The van der Waals surface area contributed by atoms with Crippen molar-refractivity contribution in [3.05, 3.63) is 30.3 Å². The molecule has 0 unspecified atom stereocenters. The molecular weight excluding hydrogens is 286 g/mol. The third kappa shape index (κ3) is 4.00. The van der Waals surface area contributed by atoms with Gasteiger partial charge in [0.15, 0.2) is 0 Å². The van der Waals surface area contributed by atoms with Gasteiger partial charge in [-0.15, -0.1) is 11.8 Å². The van der Waals surface area contributed by atoms with Crippen molar-refractivity contribution in [1.29, 1.82) is 0 Å². The van der Waals surface area contributed by atoms with Crippen molar-refractivity contribution < 1.29 is 14.7 Å². The number of amides is 1. The molecule has 1 amide bonds. The van der Waals surface area contributed by atoms with Crippen molar-refractivity contribution in [2.45, 2.75) is 41.7 Å². The normalized spacial score (nSPS) is 16.6. The first-order chi connectivity index (χ1) is 10.0. The molecule has 1 fully saturated rings. The Morgan fingerprint density at radius 1 is 1.24 bits per heavy atom. The second-order valence-electron chi connectivity index (χ2n) is 5.49. The standard InChI is InChI=1S/C16H21NO3S/c1-17(12-9-14(18)19)15(20)16(10-5-6-11-16)21-13-7-3-2-4-8-13/h2-4,7-8H,5-6,9-12H2,1H3,(H,18,19). The molecule has 0 bridgehead atoms.